The summed E-state index contributed by atoms with van der Waals surface area (Å²) in [4.78, 5) is 14.4. The van der Waals surface area contributed by atoms with Gasteiger partial charge in [0.05, 0.1) is 0 Å². The number of rotatable bonds is 2. The van der Waals surface area contributed by atoms with Gasteiger partial charge in [0.15, 0.2) is 11.5 Å². The summed E-state index contributed by atoms with van der Waals surface area (Å²) in [6.45, 7) is 1.72. The number of aromatic nitrogens is 2. The number of nitrogens with one attached hydrogen (secondary N) is 1. The summed E-state index contributed by atoms with van der Waals surface area (Å²) < 4.78 is 0. The van der Waals surface area contributed by atoms with Crippen LogP contribution >= 0.6 is 0 Å². The molecule has 1 saturated carbocycles. The summed E-state index contributed by atoms with van der Waals surface area (Å²) in [6, 6.07) is 3.35. The number of nitrogen functional groups attached to an aromatic ring is 1. The predicted molar refractivity (Wildman–Crippen MR) is 75.8 cm³/mol. The predicted octanol–water partition coefficient (Wildman–Crippen LogP) is 1.41. The van der Waals surface area contributed by atoms with Gasteiger partial charge in [-0.25, -0.2) is 5.84 Å². The molecule has 1 aliphatic heterocycles. The van der Waals surface area contributed by atoms with Gasteiger partial charge in [0.1, 0.15) is 0 Å². The van der Waals surface area contributed by atoms with Crippen molar-refractivity contribution in [3.8, 4) is 0 Å². The molecule has 1 saturated heterocycles. The monoisotopic (exact) mass is 275 g/mol. The van der Waals surface area contributed by atoms with Crippen LogP contribution in [-0.4, -0.2) is 34.1 Å². The van der Waals surface area contributed by atoms with Crippen molar-refractivity contribution in [2.75, 3.05) is 18.5 Å². The number of nitrogens with two attached hydrogens (primary N) is 1. The fourth-order valence-corrected chi connectivity index (χ4v) is 3.47. The fourth-order valence-electron chi connectivity index (χ4n) is 3.47. The van der Waals surface area contributed by atoms with E-state index in [1.807, 2.05) is 4.90 Å². The number of hydrogen-bond acceptors (Lipinski definition) is 5. The molecule has 6 nitrogen and oxygen atoms in total. The lowest BCUT2D eigenvalue weighted by Gasteiger charge is -2.41. The number of carbonyl (C=O) groups excluding carboxylic acids is 1. The molecule has 0 radical (unpaired) electrons. The standard InChI is InChI=1S/C14H21N5O/c15-16-13-6-5-12(17-18-13)14(20)19-8-7-10-3-1-2-4-11(10)9-19/h5-6,10-11H,1-4,7-9,15H2,(H,16,18). The number of likely N-dealkylation sites (tertiary alicyclic amines) is 1. The van der Waals surface area contributed by atoms with E-state index in [2.05, 4.69) is 15.6 Å². The van der Waals surface area contributed by atoms with E-state index in [4.69, 9.17) is 5.84 Å². The van der Waals surface area contributed by atoms with Crippen molar-refractivity contribution < 1.29 is 4.79 Å². The SMILES string of the molecule is NNc1ccc(C(=O)N2CCC3CCCCC3C2)nn1. The van der Waals surface area contributed by atoms with E-state index < -0.39 is 0 Å². The maximum absolute atomic E-state index is 12.4. The second-order valence-electron chi connectivity index (χ2n) is 5.79. The lowest BCUT2D eigenvalue weighted by molar-refractivity contribution is 0.0514. The van der Waals surface area contributed by atoms with Crippen LogP contribution in [0.25, 0.3) is 0 Å². The molecule has 0 bridgehead atoms. The first-order valence-electron chi connectivity index (χ1n) is 7.37. The number of amides is 1. The van der Waals surface area contributed by atoms with Gasteiger partial charge in [-0.1, -0.05) is 19.3 Å². The maximum Gasteiger partial charge on any atom is 0.274 e. The highest BCUT2D eigenvalue weighted by atomic mass is 16.2. The van der Waals surface area contributed by atoms with Gasteiger partial charge in [-0.15, -0.1) is 10.2 Å². The van der Waals surface area contributed by atoms with Gasteiger partial charge in [0.25, 0.3) is 5.91 Å². The minimum atomic E-state index is -0.00917. The van der Waals surface area contributed by atoms with E-state index in [1.54, 1.807) is 12.1 Å². The Hall–Kier alpha value is -1.69. The molecule has 0 aromatic carbocycles. The average Bonchev–Trinajstić information content (AvgIpc) is 2.54. The number of anilines is 1. The molecule has 108 valence electrons. The van der Waals surface area contributed by atoms with Gasteiger partial charge >= 0.3 is 0 Å². The number of nitrogens with zero attached hydrogens (tertiary/aromatic N) is 3. The lowest BCUT2D eigenvalue weighted by Crippen LogP contribution is -2.45. The number of carbonyl (C=O) groups is 1. The van der Waals surface area contributed by atoms with Gasteiger partial charge in [-0.2, -0.15) is 0 Å². The molecule has 0 spiro atoms. The molecular weight excluding hydrogens is 254 g/mol. The van der Waals surface area contributed by atoms with E-state index in [1.165, 1.54) is 25.7 Å². The number of fused-ring (bicyclic) bond motifs is 1. The smallest absolute Gasteiger partial charge is 0.274 e. The van der Waals surface area contributed by atoms with Crippen molar-refractivity contribution >= 4 is 11.7 Å². The normalized spacial score (nSPS) is 25.9. The van der Waals surface area contributed by atoms with Gasteiger partial charge in [0, 0.05) is 13.1 Å². The van der Waals surface area contributed by atoms with Crippen molar-refractivity contribution in [2.24, 2.45) is 17.7 Å². The summed E-state index contributed by atoms with van der Waals surface area (Å²) in [5.74, 6) is 7.20. The Bertz CT molecular complexity index is 475. The van der Waals surface area contributed by atoms with E-state index in [0.29, 0.717) is 17.4 Å². The molecule has 2 fully saturated rings. The van der Waals surface area contributed by atoms with E-state index in [0.717, 1.165) is 25.4 Å². The molecule has 1 aromatic heterocycles. The number of hydrogen-bond donors (Lipinski definition) is 2. The highest BCUT2D eigenvalue weighted by molar-refractivity contribution is 5.92. The Morgan fingerprint density at radius 2 is 2.00 bits per heavy atom. The fraction of sp³-hybridized carbons (Fsp3) is 0.643. The summed E-state index contributed by atoms with van der Waals surface area (Å²) in [6.07, 6.45) is 6.39. The van der Waals surface area contributed by atoms with E-state index in [9.17, 15) is 4.79 Å². The molecule has 1 aromatic rings. The number of hydrazine groups is 1. The molecule has 2 unspecified atom stereocenters. The molecule has 6 heteroatoms. The Labute approximate surface area is 118 Å². The first-order valence-corrected chi connectivity index (χ1v) is 7.37. The second kappa shape index (κ2) is 5.75. The van der Waals surface area contributed by atoms with Crippen molar-refractivity contribution in [2.45, 2.75) is 32.1 Å². The molecule has 3 rings (SSSR count). The third kappa shape index (κ3) is 2.60. The molecular formula is C14H21N5O. The van der Waals surface area contributed by atoms with Crippen molar-refractivity contribution in [3.05, 3.63) is 17.8 Å². The third-order valence-electron chi connectivity index (χ3n) is 4.61. The van der Waals surface area contributed by atoms with Gasteiger partial charge in [-0.05, 0) is 36.8 Å². The van der Waals surface area contributed by atoms with Gasteiger partial charge in [0.2, 0.25) is 0 Å². The Kier molecular flexibility index (Phi) is 3.82. The van der Waals surface area contributed by atoms with Crippen molar-refractivity contribution in [1.29, 1.82) is 0 Å². The molecule has 3 N–H and O–H groups in total. The first-order chi connectivity index (χ1) is 9.78. The van der Waals surface area contributed by atoms with Crippen LogP contribution in [0.1, 0.15) is 42.6 Å². The van der Waals surface area contributed by atoms with E-state index in [-0.39, 0.29) is 5.91 Å². The molecule has 1 aliphatic carbocycles. The van der Waals surface area contributed by atoms with E-state index >= 15 is 0 Å². The molecule has 2 heterocycles. The Morgan fingerprint density at radius 1 is 1.20 bits per heavy atom. The quantitative estimate of drug-likeness (QED) is 0.630. The van der Waals surface area contributed by atoms with Crippen LogP contribution in [0.3, 0.4) is 0 Å². The lowest BCUT2D eigenvalue weighted by atomic mass is 9.75. The summed E-state index contributed by atoms with van der Waals surface area (Å²) in [7, 11) is 0. The third-order valence-corrected chi connectivity index (χ3v) is 4.61. The highest BCUT2D eigenvalue weighted by Gasteiger charge is 2.33. The molecule has 2 aliphatic rings. The minimum absolute atomic E-state index is 0.00917. The van der Waals surface area contributed by atoms with Crippen LogP contribution in [0, 0.1) is 11.8 Å². The minimum Gasteiger partial charge on any atom is -0.337 e. The van der Waals surface area contributed by atoms with Crippen molar-refractivity contribution in [3.63, 3.8) is 0 Å². The zero-order valence-electron chi connectivity index (χ0n) is 11.6. The van der Waals surface area contributed by atoms with Crippen LogP contribution in [-0.2, 0) is 0 Å². The largest absolute Gasteiger partial charge is 0.337 e. The van der Waals surface area contributed by atoms with Crippen LogP contribution < -0.4 is 11.3 Å². The summed E-state index contributed by atoms with van der Waals surface area (Å²) in [5.41, 5.74) is 2.81. The van der Waals surface area contributed by atoms with Crippen LogP contribution in [0.2, 0.25) is 0 Å². The Balaban J connectivity index is 1.67. The molecule has 1 amide bonds. The van der Waals surface area contributed by atoms with Crippen LogP contribution in [0.4, 0.5) is 5.82 Å². The summed E-state index contributed by atoms with van der Waals surface area (Å²) in [5, 5.41) is 7.81. The van der Waals surface area contributed by atoms with Crippen molar-refractivity contribution in [1.82, 2.24) is 15.1 Å². The van der Waals surface area contributed by atoms with Gasteiger partial charge in [-0.3, -0.25) is 4.79 Å². The van der Waals surface area contributed by atoms with Crippen LogP contribution in [0.15, 0.2) is 12.1 Å². The Morgan fingerprint density at radius 3 is 2.70 bits per heavy atom. The highest BCUT2D eigenvalue weighted by Crippen LogP contribution is 2.36. The number of piperidine rings is 1. The maximum atomic E-state index is 12.4. The second-order valence-corrected chi connectivity index (χ2v) is 5.79. The summed E-state index contributed by atoms with van der Waals surface area (Å²) >= 11 is 0. The zero-order valence-corrected chi connectivity index (χ0v) is 11.6. The molecule has 20 heavy (non-hydrogen) atoms. The zero-order chi connectivity index (χ0) is 13.9. The van der Waals surface area contributed by atoms with Crippen LogP contribution in [0.5, 0.6) is 0 Å². The molecule has 2 atom stereocenters. The first kappa shape index (κ1) is 13.3. The topological polar surface area (TPSA) is 84.1 Å². The van der Waals surface area contributed by atoms with Gasteiger partial charge < -0.3 is 10.3 Å². The average molecular weight is 275 g/mol.